The molecule has 6 nitrogen and oxygen atoms in total. The molecule has 0 radical (unpaired) electrons. The van der Waals surface area contributed by atoms with Crippen molar-refractivity contribution in [2.75, 3.05) is 20.3 Å². The maximum absolute atomic E-state index is 13.1. The Kier molecular flexibility index (Phi) is 8.68. The summed E-state index contributed by atoms with van der Waals surface area (Å²) < 4.78 is 5.20. The summed E-state index contributed by atoms with van der Waals surface area (Å²) in [4.78, 5) is 27.6. The molecule has 0 aliphatic rings. The average molecular weight is 399 g/mol. The number of carbonyl (C=O) groups is 2. The van der Waals surface area contributed by atoms with Gasteiger partial charge < -0.3 is 20.1 Å². The Morgan fingerprint density at radius 3 is 2.24 bits per heavy atom. The molecule has 29 heavy (non-hydrogen) atoms. The minimum atomic E-state index is -0.680. The summed E-state index contributed by atoms with van der Waals surface area (Å²) in [7, 11) is 1.60. The van der Waals surface area contributed by atoms with Crippen LogP contribution in [0.1, 0.15) is 25.0 Å². The van der Waals surface area contributed by atoms with Gasteiger partial charge in [-0.1, -0.05) is 56.3 Å². The highest BCUT2D eigenvalue weighted by Gasteiger charge is 2.31. The number of nitrogens with one attached hydrogen (secondary N) is 1. The molecule has 2 N–H and O–H groups in total. The van der Waals surface area contributed by atoms with Crippen LogP contribution in [-0.4, -0.2) is 48.1 Å². The van der Waals surface area contributed by atoms with Crippen molar-refractivity contribution in [1.82, 2.24) is 10.2 Å². The van der Waals surface area contributed by atoms with E-state index in [4.69, 9.17) is 9.84 Å². The molecule has 156 valence electrons. The Labute approximate surface area is 172 Å². The number of aliphatic hydroxyl groups excluding tert-OH is 1. The lowest BCUT2D eigenvalue weighted by atomic mass is 10.0. The van der Waals surface area contributed by atoms with E-state index in [1.807, 2.05) is 68.4 Å². The van der Waals surface area contributed by atoms with Crippen molar-refractivity contribution in [1.29, 1.82) is 0 Å². The molecule has 1 atom stereocenters. The predicted octanol–water partition coefficient (Wildman–Crippen LogP) is 2.40. The lowest BCUT2D eigenvalue weighted by molar-refractivity contribution is -0.143. The third-order valence-electron chi connectivity index (χ3n) is 4.65. The number of nitrogens with zero attached hydrogens (tertiary/aromatic N) is 1. The molecule has 2 amide bonds. The van der Waals surface area contributed by atoms with Crippen LogP contribution in [-0.2, 0) is 22.6 Å². The number of amides is 2. The molecule has 0 aliphatic carbocycles. The van der Waals surface area contributed by atoms with Gasteiger partial charge in [0.05, 0.1) is 13.7 Å². The van der Waals surface area contributed by atoms with Crippen molar-refractivity contribution in [2.24, 2.45) is 5.92 Å². The van der Waals surface area contributed by atoms with E-state index in [1.54, 1.807) is 12.0 Å². The Bertz CT molecular complexity index is 775. The van der Waals surface area contributed by atoms with Crippen LogP contribution >= 0.6 is 0 Å². The zero-order chi connectivity index (χ0) is 21.2. The van der Waals surface area contributed by atoms with Crippen LogP contribution in [0.3, 0.4) is 0 Å². The number of hydrogen-bond acceptors (Lipinski definition) is 4. The van der Waals surface area contributed by atoms with Gasteiger partial charge in [-0.15, -0.1) is 0 Å². The second kappa shape index (κ2) is 11.2. The summed E-state index contributed by atoms with van der Waals surface area (Å²) in [5, 5.41) is 11.8. The molecule has 0 aromatic heterocycles. The molecule has 0 fully saturated rings. The third-order valence-corrected chi connectivity index (χ3v) is 4.65. The van der Waals surface area contributed by atoms with Gasteiger partial charge >= 0.3 is 0 Å². The summed E-state index contributed by atoms with van der Waals surface area (Å²) in [5.74, 6) is 0.112. The summed E-state index contributed by atoms with van der Waals surface area (Å²) in [5.41, 5.74) is 1.88. The molecular weight excluding hydrogens is 368 g/mol. The van der Waals surface area contributed by atoms with Crippen LogP contribution in [0.4, 0.5) is 0 Å². The number of methoxy groups -OCH3 is 1. The average Bonchev–Trinajstić information content (AvgIpc) is 2.75. The third kappa shape index (κ3) is 6.61. The molecule has 0 aliphatic heterocycles. The quantitative estimate of drug-likeness (QED) is 0.644. The van der Waals surface area contributed by atoms with Crippen LogP contribution < -0.4 is 10.1 Å². The van der Waals surface area contributed by atoms with Crippen molar-refractivity contribution in [3.05, 3.63) is 65.7 Å². The molecule has 6 heteroatoms. The van der Waals surface area contributed by atoms with Crippen molar-refractivity contribution in [3.8, 4) is 5.75 Å². The van der Waals surface area contributed by atoms with Gasteiger partial charge in [0.1, 0.15) is 11.8 Å². The van der Waals surface area contributed by atoms with Gasteiger partial charge in [-0.25, -0.2) is 0 Å². The van der Waals surface area contributed by atoms with E-state index in [9.17, 15) is 9.59 Å². The second-order valence-electron chi connectivity index (χ2n) is 7.19. The van der Waals surface area contributed by atoms with Crippen LogP contribution in [0.15, 0.2) is 54.6 Å². The van der Waals surface area contributed by atoms with Crippen LogP contribution in [0.5, 0.6) is 5.75 Å². The van der Waals surface area contributed by atoms with Crippen molar-refractivity contribution < 1.29 is 19.4 Å². The fourth-order valence-electron chi connectivity index (χ4n) is 3.08. The lowest BCUT2D eigenvalue weighted by Crippen LogP contribution is -2.52. The zero-order valence-corrected chi connectivity index (χ0v) is 17.3. The van der Waals surface area contributed by atoms with Gasteiger partial charge in [-0.2, -0.15) is 0 Å². The first-order valence-electron chi connectivity index (χ1n) is 9.82. The number of benzene rings is 2. The molecule has 2 rings (SSSR count). The Morgan fingerprint density at radius 2 is 1.69 bits per heavy atom. The highest BCUT2D eigenvalue weighted by Crippen LogP contribution is 2.19. The number of hydrogen-bond donors (Lipinski definition) is 2. The highest BCUT2D eigenvalue weighted by atomic mass is 16.5. The number of aliphatic hydroxyl groups is 1. The summed E-state index contributed by atoms with van der Waals surface area (Å²) in [6.07, 6.45) is 0.396. The van der Waals surface area contributed by atoms with Gasteiger partial charge in [0.2, 0.25) is 11.8 Å². The van der Waals surface area contributed by atoms with Crippen LogP contribution in [0.25, 0.3) is 0 Å². The normalized spacial score (nSPS) is 11.8. The minimum Gasteiger partial charge on any atom is -0.497 e. The molecule has 2 aromatic rings. The topological polar surface area (TPSA) is 78.9 Å². The van der Waals surface area contributed by atoms with Gasteiger partial charge in [0, 0.05) is 25.4 Å². The molecular formula is C23H30N2O4. The van der Waals surface area contributed by atoms with Gasteiger partial charge in [-0.3, -0.25) is 9.59 Å². The smallest absolute Gasteiger partial charge is 0.243 e. The Morgan fingerprint density at radius 1 is 1.03 bits per heavy atom. The van der Waals surface area contributed by atoms with E-state index in [2.05, 4.69) is 5.32 Å². The van der Waals surface area contributed by atoms with E-state index < -0.39 is 6.04 Å². The second-order valence-corrected chi connectivity index (χ2v) is 7.19. The Balaban J connectivity index is 2.35. The van der Waals surface area contributed by atoms with Gasteiger partial charge in [-0.05, 0) is 23.3 Å². The first kappa shape index (κ1) is 22.4. The standard InChI is InChI=1S/C23H30N2O4/c1-17(2)23(28)25(16-19-9-11-20(29-3)12-10-19)21(22(27)24-13-14-26)15-18-7-5-4-6-8-18/h4-12,17,21,26H,13-16H2,1-3H3,(H,24,27)/t21-/m1/s1. The molecule has 0 unspecified atom stereocenters. The number of carbonyl (C=O) groups excluding carboxylic acids is 2. The van der Waals surface area contributed by atoms with E-state index in [0.29, 0.717) is 13.0 Å². The largest absolute Gasteiger partial charge is 0.497 e. The minimum absolute atomic E-state index is 0.0964. The van der Waals surface area contributed by atoms with E-state index in [1.165, 1.54) is 0 Å². The fourth-order valence-corrected chi connectivity index (χ4v) is 3.08. The first-order chi connectivity index (χ1) is 14.0. The maximum Gasteiger partial charge on any atom is 0.243 e. The van der Waals surface area contributed by atoms with Crippen LogP contribution in [0, 0.1) is 5.92 Å². The van der Waals surface area contributed by atoms with Crippen molar-refractivity contribution in [2.45, 2.75) is 32.9 Å². The summed E-state index contributed by atoms with van der Waals surface area (Å²) in [6, 6.07) is 16.4. The maximum atomic E-state index is 13.1. The molecule has 0 heterocycles. The summed E-state index contributed by atoms with van der Waals surface area (Å²) in [6.45, 7) is 3.96. The number of ether oxygens (including phenoxy) is 1. The summed E-state index contributed by atoms with van der Waals surface area (Å²) >= 11 is 0. The van der Waals surface area contributed by atoms with Gasteiger partial charge in [0.15, 0.2) is 0 Å². The van der Waals surface area contributed by atoms with Crippen molar-refractivity contribution in [3.63, 3.8) is 0 Å². The molecule has 2 aromatic carbocycles. The molecule has 0 bridgehead atoms. The lowest BCUT2D eigenvalue weighted by Gasteiger charge is -2.32. The van der Waals surface area contributed by atoms with Crippen LogP contribution in [0.2, 0.25) is 0 Å². The fraction of sp³-hybridized carbons (Fsp3) is 0.391. The zero-order valence-electron chi connectivity index (χ0n) is 17.3. The number of rotatable bonds is 10. The van der Waals surface area contributed by atoms with E-state index >= 15 is 0 Å². The molecule has 0 saturated carbocycles. The SMILES string of the molecule is COc1ccc(CN(C(=O)C(C)C)[C@H](Cc2ccccc2)C(=O)NCCO)cc1. The van der Waals surface area contributed by atoms with E-state index in [0.717, 1.165) is 16.9 Å². The highest BCUT2D eigenvalue weighted by molar-refractivity contribution is 5.88. The van der Waals surface area contributed by atoms with Gasteiger partial charge in [0.25, 0.3) is 0 Å². The predicted molar refractivity (Wildman–Crippen MR) is 112 cm³/mol. The monoisotopic (exact) mass is 398 g/mol. The Hall–Kier alpha value is -2.86. The van der Waals surface area contributed by atoms with Crippen molar-refractivity contribution >= 4 is 11.8 Å². The molecule has 0 saturated heterocycles. The molecule has 0 spiro atoms. The first-order valence-corrected chi connectivity index (χ1v) is 9.82. The van der Waals surface area contributed by atoms with E-state index in [-0.39, 0.29) is 30.9 Å².